The third-order valence-electron chi connectivity index (χ3n) is 1.58. The molecule has 1 aliphatic rings. The van der Waals surface area contributed by atoms with Crippen molar-refractivity contribution in [2.24, 2.45) is 0 Å². The summed E-state index contributed by atoms with van der Waals surface area (Å²) in [6, 6.07) is 0. The maximum Gasteiger partial charge on any atom is 0.162 e. The number of allylic oxidation sites excluding steroid dienone is 4. The molecular weight excluding hydrogens is 112 g/mol. The molecule has 1 heteroatoms. The van der Waals surface area contributed by atoms with Gasteiger partial charge in [-0.15, -0.1) is 0 Å². The Labute approximate surface area is 55.1 Å². The molecule has 0 unspecified atom stereocenters. The monoisotopic (exact) mass is 122 g/mol. The topological polar surface area (TPSA) is 17.1 Å². The van der Waals surface area contributed by atoms with E-state index in [1.165, 1.54) is 0 Å². The summed E-state index contributed by atoms with van der Waals surface area (Å²) in [6.07, 6.45) is 4.54. The Morgan fingerprint density at radius 1 is 1.67 bits per heavy atom. The average Bonchev–Trinajstić information content (AvgIpc) is 2.13. The molecule has 0 bridgehead atoms. The molecule has 0 aromatic carbocycles. The predicted molar refractivity (Wildman–Crippen MR) is 37.1 cm³/mol. The zero-order valence-electron chi connectivity index (χ0n) is 5.77. The second-order valence-corrected chi connectivity index (χ2v) is 2.29. The van der Waals surface area contributed by atoms with Gasteiger partial charge in [-0.1, -0.05) is 12.2 Å². The molecule has 0 spiro atoms. The molecule has 1 aliphatic carbocycles. The van der Waals surface area contributed by atoms with Gasteiger partial charge < -0.3 is 0 Å². The van der Waals surface area contributed by atoms with Gasteiger partial charge in [-0.05, 0) is 25.0 Å². The number of rotatable bonds is 0. The Morgan fingerprint density at radius 3 is 2.56 bits per heavy atom. The Balaban J connectivity index is 2.86. The van der Waals surface area contributed by atoms with E-state index >= 15 is 0 Å². The Hall–Kier alpha value is -0.850. The Kier molecular flexibility index (Phi) is 1.52. The van der Waals surface area contributed by atoms with Gasteiger partial charge in [-0.2, -0.15) is 0 Å². The second-order valence-electron chi connectivity index (χ2n) is 2.29. The minimum Gasteiger partial charge on any atom is -0.294 e. The van der Waals surface area contributed by atoms with E-state index in [-0.39, 0.29) is 5.78 Å². The van der Waals surface area contributed by atoms with Crippen molar-refractivity contribution < 1.29 is 4.79 Å². The van der Waals surface area contributed by atoms with Gasteiger partial charge in [-0.25, -0.2) is 0 Å². The molecule has 0 radical (unpaired) electrons. The first kappa shape index (κ1) is 6.27. The van der Waals surface area contributed by atoms with E-state index in [0.717, 1.165) is 11.1 Å². The molecule has 0 atom stereocenters. The van der Waals surface area contributed by atoms with E-state index in [2.05, 4.69) is 0 Å². The summed E-state index contributed by atoms with van der Waals surface area (Å²) in [6.45, 7) is 3.82. The molecule has 0 N–H and O–H groups in total. The molecular formula is C8H10O. The van der Waals surface area contributed by atoms with Crippen molar-refractivity contribution in [3.63, 3.8) is 0 Å². The number of carbonyl (C=O) groups excluding carboxylic acids is 1. The van der Waals surface area contributed by atoms with Gasteiger partial charge in [0.1, 0.15) is 0 Å². The van der Waals surface area contributed by atoms with E-state index in [1.807, 2.05) is 26.0 Å². The lowest BCUT2D eigenvalue weighted by Gasteiger charge is -1.84. The Bertz CT molecular complexity index is 197. The number of hydrogen-bond donors (Lipinski definition) is 0. The van der Waals surface area contributed by atoms with Crippen LogP contribution in [-0.4, -0.2) is 5.78 Å². The van der Waals surface area contributed by atoms with Crippen molar-refractivity contribution in [2.75, 3.05) is 0 Å². The van der Waals surface area contributed by atoms with Crippen LogP contribution < -0.4 is 0 Å². The summed E-state index contributed by atoms with van der Waals surface area (Å²) in [7, 11) is 0. The van der Waals surface area contributed by atoms with Crippen molar-refractivity contribution in [3.8, 4) is 0 Å². The minimum atomic E-state index is 0.267. The first-order valence-corrected chi connectivity index (χ1v) is 3.10. The standard InChI is InChI=1S/C8H10O/c1-3-7-4-6(2)8(9)5-7/h3-4H,5H2,1-2H3/b7-3+. The van der Waals surface area contributed by atoms with Gasteiger partial charge in [0.25, 0.3) is 0 Å². The number of ketones is 1. The van der Waals surface area contributed by atoms with Crippen LogP contribution in [0.15, 0.2) is 23.3 Å². The molecule has 0 saturated carbocycles. The highest BCUT2D eigenvalue weighted by Gasteiger charge is 2.13. The van der Waals surface area contributed by atoms with E-state index in [9.17, 15) is 4.79 Å². The third-order valence-corrected chi connectivity index (χ3v) is 1.58. The molecule has 0 aromatic rings. The fourth-order valence-electron chi connectivity index (χ4n) is 0.920. The molecule has 0 saturated heterocycles. The van der Waals surface area contributed by atoms with Crippen LogP contribution in [0.25, 0.3) is 0 Å². The minimum absolute atomic E-state index is 0.267. The molecule has 0 heterocycles. The summed E-state index contributed by atoms with van der Waals surface area (Å²) in [5.74, 6) is 0.267. The van der Waals surface area contributed by atoms with Gasteiger partial charge in [0.05, 0.1) is 0 Å². The predicted octanol–water partition coefficient (Wildman–Crippen LogP) is 1.85. The summed E-state index contributed by atoms with van der Waals surface area (Å²) in [4.78, 5) is 10.8. The summed E-state index contributed by atoms with van der Waals surface area (Å²) in [5, 5.41) is 0. The van der Waals surface area contributed by atoms with Crippen LogP contribution in [0.3, 0.4) is 0 Å². The summed E-state index contributed by atoms with van der Waals surface area (Å²) >= 11 is 0. The van der Waals surface area contributed by atoms with Crippen LogP contribution in [0.4, 0.5) is 0 Å². The van der Waals surface area contributed by atoms with Gasteiger partial charge >= 0.3 is 0 Å². The third kappa shape index (κ3) is 1.10. The summed E-state index contributed by atoms with van der Waals surface area (Å²) in [5.41, 5.74) is 2.04. The van der Waals surface area contributed by atoms with E-state index < -0.39 is 0 Å². The van der Waals surface area contributed by atoms with E-state index in [1.54, 1.807) is 0 Å². The fraction of sp³-hybridized carbons (Fsp3) is 0.375. The summed E-state index contributed by atoms with van der Waals surface area (Å²) < 4.78 is 0. The van der Waals surface area contributed by atoms with Crippen LogP contribution in [0.1, 0.15) is 20.3 Å². The molecule has 0 amide bonds. The molecule has 1 nitrogen and oxygen atoms in total. The van der Waals surface area contributed by atoms with Gasteiger partial charge in [-0.3, -0.25) is 4.79 Å². The molecule has 9 heavy (non-hydrogen) atoms. The smallest absolute Gasteiger partial charge is 0.162 e. The molecule has 0 fully saturated rings. The lowest BCUT2D eigenvalue weighted by molar-refractivity contribution is -0.114. The highest BCUT2D eigenvalue weighted by molar-refractivity contribution is 6.00. The van der Waals surface area contributed by atoms with E-state index in [4.69, 9.17) is 0 Å². The second kappa shape index (κ2) is 2.18. The zero-order chi connectivity index (χ0) is 6.85. The first-order chi connectivity index (χ1) is 4.24. The Morgan fingerprint density at radius 2 is 2.33 bits per heavy atom. The number of hydrogen-bond acceptors (Lipinski definition) is 1. The lowest BCUT2D eigenvalue weighted by atomic mass is 10.2. The van der Waals surface area contributed by atoms with Crippen molar-refractivity contribution in [1.29, 1.82) is 0 Å². The quantitative estimate of drug-likeness (QED) is 0.479. The maximum atomic E-state index is 10.8. The molecule has 0 aliphatic heterocycles. The van der Waals surface area contributed by atoms with Crippen LogP contribution in [0.2, 0.25) is 0 Å². The van der Waals surface area contributed by atoms with Gasteiger partial charge in [0, 0.05) is 6.42 Å². The van der Waals surface area contributed by atoms with Crippen LogP contribution in [0, 0.1) is 0 Å². The van der Waals surface area contributed by atoms with Crippen LogP contribution >= 0.6 is 0 Å². The number of Topliss-reactive ketones (excluding diaryl/α,β-unsaturated/α-hetero) is 1. The van der Waals surface area contributed by atoms with Gasteiger partial charge in [0.15, 0.2) is 5.78 Å². The van der Waals surface area contributed by atoms with Crippen molar-refractivity contribution >= 4 is 5.78 Å². The maximum absolute atomic E-state index is 10.8. The SMILES string of the molecule is C/C=C1\C=C(C)C(=O)C1. The van der Waals surface area contributed by atoms with Crippen molar-refractivity contribution in [1.82, 2.24) is 0 Å². The van der Waals surface area contributed by atoms with Crippen molar-refractivity contribution in [2.45, 2.75) is 20.3 Å². The number of carbonyl (C=O) groups is 1. The highest BCUT2D eigenvalue weighted by Crippen LogP contribution is 2.18. The molecule has 0 aromatic heterocycles. The largest absolute Gasteiger partial charge is 0.294 e. The molecule has 1 rings (SSSR count). The van der Waals surface area contributed by atoms with Crippen molar-refractivity contribution in [3.05, 3.63) is 23.3 Å². The first-order valence-electron chi connectivity index (χ1n) is 3.10. The highest BCUT2D eigenvalue weighted by atomic mass is 16.1. The normalized spacial score (nSPS) is 23.1. The van der Waals surface area contributed by atoms with E-state index in [0.29, 0.717) is 6.42 Å². The van der Waals surface area contributed by atoms with Crippen LogP contribution in [0.5, 0.6) is 0 Å². The lowest BCUT2D eigenvalue weighted by Crippen LogP contribution is -1.89. The fourth-order valence-corrected chi connectivity index (χ4v) is 0.920. The van der Waals surface area contributed by atoms with Crippen LogP contribution in [-0.2, 0) is 4.79 Å². The van der Waals surface area contributed by atoms with Gasteiger partial charge in [0.2, 0.25) is 0 Å². The average molecular weight is 122 g/mol. The zero-order valence-corrected chi connectivity index (χ0v) is 5.77. The molecule has 48 valence electrons.